The molecular weight excluding hydrogens is 206 g/mol. The predicted octanol–water partition coefficient (Wildman–Crippen LogP) is 1.15. The van der Waals surface area contributed by atoms with Crippen LogP contribution in [-0.4, -0.2) is 39.8 Å². The smallest absolute Gasteiger partial charge is 0.255 e. The molecule has 0 aliphatic carbocycles. The molecule has 2 rings (SSSR count). The van der Waals surface area contributed by atoms with E-state index in [9.17, 15) is 4.79 Å². The Kier molecular flexibility index (Phi) is 3.14. The molecule has 1 aliphatic rings. The summed E-state index contributed by atoms with van der Waals surface area (Å²) in [6.45, 7) is 1.21. The van der Waals surface area contributed by atoms with Crippen LogP contribution in [0.1, 0.15) is 23.2 Å². The van der Waals surface area contributed by atoms with Crippen LogP contribution in [0.4, 0.5) is 0 Å². The van der Waals surface area contributed by atoms with Crippen LogP contribution in [0, 0.1) is 0 Å². The highest BCUT2D eigenvalue weighted by Crippen LogP contribution is 2.11. The quantitative estimate of drug-likeness (QED) is 0.569. The van der Waals surface area contributed by atoms with Crippen LogP contribution in [0.25, 0.3) is 0 Å². The molecule has 2 heterocycles. The minimum atomic E-state index is -0.00918. The topological polar surface area (TPSA) is 65.8 Å². The molecule has 0 saturated carbocycles. The van der Waals surface area contributed by atoms with E-state index in [1.165, 1.54) is 0 Å². The summed E-state index contributed by atoms with van der Waals surface area (Å²) in [4.78, 5) is 17.7. The van der Waals surface area contributed by atoms with Gasteiger partial charge in [0.2, 0.25) is 0 Å². The number of amides is 1. The van der Waals surface area contributed by atoms with Crippen LogP contribution in [0.5, 0.6) is 0 Å². The van der Waals surface area contributed by atoms with Crippen molar-refractivity contribution in [3.63, 3.8) is 0 Å². The first-order valence-corrected chi connectivity index (χ1v) is 5.20. The Bertz CT molecular complexity index is 393. The second kappa shape index (κ2) is 4.74. The van der Waals surface area contributed by atoms with Crippen molar-refractivity contribution in [1.82, 2.24) is 9.88 Å². The maximum atomic E-state index is 12.0. The van der Waals surface area contributed by atoms with Crippen LogP contribution in [0.2, 0.25) is 0 Å². The van der Waals surface area contributed by atoms with E-state index in [4.69, 9.17) is 5.21 Å². The maximum absolute atomic E-state index is 12.0. The average molecular weight is 219 g/mol. The lowest BCUT2D eigenvalue weighted by Crippen LogP contribution is -2.38. The third kappa shape index (κ3) is 2.18. The third-order valence-electron chi connectivity index (χ3n) is 2.68. The number of piperidine rings is 1. The zero-order chi connectivity index (χ0) is 11.4. The molecule has 1 amide bonds. The van der Waals surface area contributed by atoms with E-state index in [0.717, 1.165) is 5.71 Å². The first-order valence-electron chi connectivity index (χ1n) is 5.20. The van der Waals surface area contributed by atoms with E-state index < -0.39 is 0 Å². The normalized spacial score (nSPS) is 16.0. The van der Waals surface area contributed by atoms with Gasteiger partial charge in [-0.05, 0) is 12.1 Å². The van der Waals surface area contributed by atoms with Crippen molar-refractivity contribution in [1.29, 1.82) is 0 Å². The zero-order valence-corrected chi connectivity index (χ0v) is 8.83. The van der Waals surface area contributed by atoms with Gasteiger partial charge in [0.15, 0.2) is 0 Å². The van der Waals surface area contributed by atoms with Gasteiger partial charge >= 0.3 is 0 Å². The van der Waals surface area contributed by atoms with E-state index in [0.29, 0.717) is 31.5 Å². The van der Waals surface area contributed by atoms with Crippen molar-refractivity contribution in [2.45, 2.75) is 12.8 Å². The van der Waals surface area contributed by atoms with E-state index in [1.807, 2.05) is 0 Å². The summed E-state index contributed by atoms with van der Waals surface area (Å²) in [7, 11) is 0. The zero-order valence-electron chi connectivity index (χ0n) is 8.83. The van der Waals surface area contributed by atoms with Gasteiger partial charge in [-0.15, -0.1) is 0 Å². The number of rotatable bonds is 1. The lowest BCUT2D eigenvalue weighted by Gasteiger charge is -2.27. The van der Waals surface area contributed by atoms with Crippen LogP contribution in [0.15, 0.2) is 29.7 Å². The highest BCUT2D eigenvalue weighted by Gasteiger charge is 2.21. The van der Waals surface area contributed by atoms with E-state index >= 15 is 0 Å². The highest BCUT2D eigenvalue weighted by molar-refractivity contribution is 5.95. The Morgan fingerprint density at radius 1 is 1.44 bits per heavy atom. The van der Waals surface area contributed by atoms with Crippen molar-refractivity contribution in [3.05, 3.63) is 30.1 Å². The van der Waals surface area contributed by atoms with Crippen molar-refractivity contribution in [2.24, 2.45) is 5.16 Å². The highest BCUT2D eigenvalue weighted by atomic mass is 16.4. The number of carbonyl (C=O) groups excluding carboxylic acids is 1. The minimum absolute atomic E-state index is 0.00918. The van der Waals surface area contributed by atoms with Crippen LogP contribution >= 0.6 is 0 Å². The molecule has 0 atom stereocenters. The molecule has 1 aliphatic heterocycles. The van der Waals surface area contributed by atoms with Gasteiger partial charge in [0, 0.05) is 38.3 Å². The summed E-state index contributed by atoms with van der Waals surface area (Å²) < 4.78 is 0. The fraction of sp³-hybridized carbons (Fsp3) is 0.364. The lowest BCUT2D eigenvalue weighted by molar-refractivity contribution is 0.0753. The number of likely N-dealkylation sites (tertiary alicyclic amines) is 1. The summed E-state index contributed by atoms with van der Waals surface area (Å²) in [5.41, 5.74) is 1.36. The average Bonchev–Trinajstić information content (AvgIpc) is 2.39. The largest absolute Gasteiger partial charge is 0.411 e. The van der Waals surface area contributed by atoms with Gasteiger partial charge in [-0.3, -0.25) is 9.78 Å². The molecular formula is C11H13N3O2. The molecule has 0 radical (unpaired) electrons. The molecule has 0 bridgehead atoms. The van der Waals surface area contributed by atoms with E-state index in [-0.39, 0.29) is 5.91 Å². The molecule has 1 fully saturated rings. The molecule has 1 N–H and O–H groups in total. The summed E-state index contributed by atoms with van der Waals surface area (Å²) in [5, 5.41) is 11.8. The van der Waals surface area contributed by atoms with Crippen molar-refractivity contribution in [3.8, 4) is 0 Å². The van der Waals surface area contributed by atoms with Gasteiger partial charge in [0.25, 0.3) is 5.91 Å². The Hall–Kier alpha value is -1.91. The van der Waals surface area contributed by atoms with Gasteiger partial charge in [0.05, 0.1) is 11.3 Å². The standard InChI is InChI=1S/C11H13N3O2/c15-11(9-2-1-5-12-8-9)14-6-3-10(13-16)4-7-14/h1-2,5,8,16H,3-4,6-7H2. The summed E-state index contributed by atoms with van der Waals surface area (Å²) >= 11 is 0. The van der Waals surface area contributed by atoms with Gasteiger partial charge in [-0.2, -0.15) is 0 Å². The molecule has 5 nitrogen and oxygen atoms in total. The Morgan fingerprint density at radius 2 is 2.19 bits per heavy atom. The molecule has 1 aromatic rings. The lowest BCUT2D eigenvalue weighted by atomic mass is 10.1. The van der Waals surface area contributed by atoms with Gasteiger partial charge in [0.1, 0.15) is 0 Å². The number of hydrogen-bond acceptors (Lipinski definition) is 4. The van der Waals surface area contributed by atoms with Crippen molar-refractivity contribution >= 4 is 11.6 Å². The molecule has 0 spiro atoms. The number of pyridine rings is 1. The fourth-order valence-corrected chi connectivity index (χ4v) is 1.74. The second-order valence-corrected chi connectivity index (χ2v) is 3.70. The SMILES string of the molecule is O=C(c1cccnc1)N1CCC(=NO)CC1. The molecule has 0 aromatic carbocycles. The Balaban J connectivity index is 2.02. The van der Waals surface area contributed by atoms with Gasteiger partial charge in [-0.1, -0.05) is 5.16 Å². The van der Waals surface area contributed by atoms with Crippen molar-refractivity contribution < 1.29 is 10.0 Å². The molecule has 84 valence electrons. The summed E-state index contributed by atoms with van der Waals surface area (Å²) in [6.07, 6.45) is 4.49. The molecule has 1 saturated heterocycles. The molecule has 1 aromatic heterocycles. The predicted molar refractivity (Wildman–Crippen MR) is 58.6 cm³/mol. The van der Waals surface area contributed by atoms with Crippen LogP contribution < -0.4 is 0 Å². The van der Waals surface area contributed by atoms with Crippen LogP contribution in [0.3, 0.4) is 0 Å². The number of carbonyl (C=O) groups is 1. The Labute approximate surface area is 93.4 Å². The summed E-state index contributed by atoms with van der Waals surface area (Å²) in [5.74, 6) is -0.00918. The van der Waals surface area contributed by atoms with Gasteiger partial charge < -0.3 is 10.1 Å². The maximum Gasteiger partial charge on any atom is 0.255 e. The second-order valence-electron chi connectivity index (χ2n) is 3.70. The minimum Gasteiger partial charge on any atom is -0.411 e. The number of nitrogens with zero attached hydrogens (tertiary/aromatic N) is 3. The van der Waals surface area contributed by atoms with E-state index in [2.05, 4.69) is 10.1 Å². The Morgan fingerprint density at radius 3 is 2.75 bits per heavy atom. The fourth-order valence-electron chi connectivity index (χ4n) is 1.74. The third-order valence-corrected chi connectivity index (χ3v) is 2.68. The van der Waals surface area contributed by atoms with E-state index in [1.54, 1.807) is 29.4 Å². The van der Waals surface area contributed by atoms with Crippen molar-refractivity contribution in [2.75, 3.05) is 13.1 Å². The number of oxime groups is 1. The van der Waals surface area contributed by atoms with Gasteiger partial charge in [-0.25, -0.2) is 0 Å². The van der Waals surface area contributed by atoms with Crippen LogP contribution in [-0.2, 0) is 0 Å². The molecule has 0 unspecified atom stereocenters. The summed E-state index contributed by atoms with van der Waals surface area (Å²) in [6, 6.07) is 3.50. The molecule has 5 heteroatoms. The molecule has 16 heavy (non-hydrogen) atoms. The monoisotopic (exact) mass is 219 g/mol. The first kappa shape index (κ1) is 10.6. The first-order chi connectivity index (χ1) is 7.81. The number of hydrogen-bond donors (Lipinski definition) is 1. The number of aromatic nitrogens is 1.